The van der Waals surface area contributed by atoms with Gasteiger partial charge in [-0.2, -0.15) is 0 Å². The molecule has 2 N–H and O–H groups in total. The maximum atomic E-state index is 14.4. The van der Waals surface area contributed by atoms with Gasteiger partial charge in [0.05, 0.1) is 5.54 Å². The molecule has 1 fully saturated rings. The molecule has 1 aromatic carbocycles. The SMILES string of the molecule is C=CCC(N)(c1ccccc1F)C(CCC)N1CCCC1. The monoisotopic (exact) mass is 290 g/mol. The minimum absolute atomic E-state index is 0.167. The van der Waals surface area contributed by atoms with Gasteiger partial charge < -0.3 is 5.73 Å². The Hall–Kier alpha value is -1.19. The fourth-order valence-electron chi connectivity index (χ4n) is 3.60. The van der Waals surface area contributed by atoms with Gasteiger partial charge in [0.1, 0.15) is 5.82 Å². The molecule has 0 bridgehead atoms. The first-order chi connectivity index (χ1) is 10.1. The third-order valence-electron chi connectivity index (χ3n) is 4.60. The molecule has 0 saturated carbocycles. The maximum Gasteiger partial charge on any atom is 0.128 e. The summed E-state index contributed by atoms with van der Waals surface area (Å²) < 4.78 is 14.4. The third kappa shape index (κ3) is 3.35. The number of hydrogen-bond acceptors (Lipinski definition) is 2. The van der Waals surface area contributed by atoms with Gasteiger partial charge in [0.2, 0.25) is 0 Å². The lowest BCUT2D eigenvalue weighted by Gasteiger charge is -2.43. The van der Waals surface area contributed by atoms with Crippen LogP contribution in [0.15, 0.2) is 36.9 Å². The van der Waals surface area contributed by atoms with Crippen LogP contribution in [-0.4, -0.2) is 24.0 Å². The van der Waals surface area contributed by atoms with Crippen molar-refractivity contribution >= 4 is 0 Å². The molecule has 2 nitrogen and oxygen atoms in total. The fourth-order valence-corrected chi connectivity index (χ4v) is 3.60. The number of benzene rings is 1. The van der Waals surface area contributed by atoms with Gasteiger partial charge in [-0.3, -0.25) is 4.90 Å². The lowest BCUT2D eigenvalue weighted by molar-refractivity contribution is 0.132. The summed E-state index contributed by atoms with van der Waals surface area (Å²) in [6, 6.07) is 7.10. The van der Waals surface area contributed by atoms with Crippen molar-refractivity contribution in [3.05, 3.63) is 48.3 Å². The molecule has 2 atom stereocenters. The van der Waals surface area contributed by atoms with Crippen LogP contribution in [0, 0.1) is 5.82 Å². The Morgan fingerprint density at radius 3 is 2.62 bits per heavy atom. The lowest BCUT2D eigenvalue weighted by atomic mass is 9.78. The Morgan fingerprint density at radius 1 is 1.38 bits per heavy atom. The van der Waals surface area contributed by atoms with Crippen molar-refractivity contribution in [1.82, 2.24) is 4.90 Å². The highest BCUT2D eigenvalue weighted by Gasteiger charge is 2.40. The van der Waals surface area contributed by atoms with Crippen LogP contribution >= 0.6 is 0 Å². The quantitative estimate of drug-likeness (QED) is 0.774. The number of likely N-dealkylation sites (tertiary alicyclic amines) is 1. The van der Waals surface area contributed by atoms with Crippen molar-refractivity contribution in [3.63, 3.8) is 0 Å². The fraction of sp³-hybridized carbons (Fsp3) is 0.556. The van der Waals surface area contributed by atoms with Crippen molar-refractivity contribution in [3.8, 4) is 0 Å². The molecule has 21 heavy (non-hydrogen) atoms. The van der Waals surface area contributed by atoms with E-state index in [0.29, 0.717) is 12.0 Å². The second-order valence-electron chi connectivity index (χ2n) is 6.06. The average molecular weight is 290 g/mol. The van der Waals surface area contributed by atoms with Crippen LogP contribution < -0.4 is 5.73 Å². The summed E-state index contributed by atoms with van der Waals surface area (Å²) in [4.78, 5) is 2.44. The van der Waals surface area contributed by atoms with Gasteiger partial charge in [0.15, 0.2) is 0 Å². The molecule has 0 amide bonds. The number of halogens is 1. The lowest BCUT2D eigenvalue weighted by Crippen LogP contribution is -2.55. The van der Waals surface area contributed by atoms with Crippen LogP contribution in [0.1, 0.15) is 44.6 Å². The van der Waals surface area contributed by atoms with Crippen molar-refractivity contribution in [2.45, 2.75) is 50.6 Å². The van der Waals surface area contributed by atoms with Crippen LogP contribution in [0.2, 0.25) is 0 Å². The smallest absolute Gasteiger partial charge is 0.128 e. The van der Waals surface area contributed by atoms with Gasteiger partial charge in [-0.25, -0.2) is 4.39 Å². The highest BCUT2D eigenvalue weighted by molar-refractivity contribution is 5.29. The van der Waals surface area contributed by atoms with E-state index in [-0.39, 0.29) is 11.9 Å². The normalized spacial score (nSPS) is 20.1. The Bertz CT molecular complexity index is 468. The second kappa shape index (κ2) is 7.19. The van der Waals surface area contributed by atoms with Gasteiger partial charge in [-0.05, 0) is 44.8 Å². The van der Waals surface area contributed by atoms with E-state index in [1.807, 2.05) is 18.2 Å². The summed E-state index contributed by atoms with van der Waals surface area (Å²) in [7, 11) is 0. The number of hydrogen-bond donors (Lipinski definition) is 1. The average Bonchev–Trinajstić information content (AvgIpc) is 2.99. The van der Waals surface area contributed by atoms with E-state index in [4.69, 9.17) is 5.73 Å². The zero-order valence-corrected chi connectivity index (χ0v) is 13.0. The number of rotatable bonds is 7. The summed E-state index contributed by atoms with van der Waals surface area (Å²) >= 11 is 0. The van der Waals surface area contributed by atoms with Crippen LogP contribution in [0.5, 0.6) is 0 Å². The van der Waals surface area contributed by atoms with E-state index in [1.54, 1.807) is 6.07 Å². The third-order valence-corrected chi connectivity index (χ3v) is 4.60. The zero-order chi connectivity index (χ0) is 15.3. The zero-order valence-electron chi connectivity index (χ0n) is 13.0. The molecule has 1 aromatic rings. The predicted molar refractivity (Wildman–Crippen MR) is 86.6 cm³/mol. The number of nitrogens with zero attached hydrogens (tertiary/aromatic N) is 1. The molecule has 1 saturated heterocycles. The first-order valence-electron chi connectivity index (χ1n) is 8.02. The first-order valence-corrected chi connectivity index (χ1v) is 8.02. The summed E-state index contributed by atoms with van der Waals surface area (Å²) in [6.45, 7) is 8.14. The summed E-state index contributed by atoms with van der Waals surface area (Å²) in [5, 5.41) is 0. The topological polar surface area (TPSA) is 29.3 Å². The first kappa shape index (κ1) is 16.2. The highest BCUT2D eigenvalue weighted by atomic mass is 19.1. The second-order valence-corrected chi connectivity index (χ2v) is 6.06. The van der Waals surface area contributed by atoms with E-state index < -0.39 is 5.54 Å². The van der Waals surface area contributed by atoms with E-state index in [9.17, 15) is 4.39 Å². The summed E-state index contributed by atoms with van der Waals surface area (Å²) in [5.41, 5.74) is 6.71. The molecule has 1 aliphatic heterocycles. The molecular formula is C18H27FN2. The predicted octanol–water partition coefficient (Wildman–Crippen LogP) is 3.82. The number of nitrogens with two attached hydrogens (primary N) is 1. The summed E-state index contributed by atoms with van der Waals surface area (Å²) in [5.74, 6) is -0.206. The molecule has 0 radical (unpaired) electrons. The van der Waals surface area contributed by atoms with Crippen LogP contribution in [0.25, 0.3) is 0 Å². The van der Waals surface area contributed by atoms with Gasteiger partial charge >= 0.3 is 0 Å². The van der Waals surface area contributed by atoms with E-state index >= 15 is 0 Å². The standard InChI is InChI=1S/C18H27FN2/c1-3-9-17(21-13-7-8-14-21)18(20,12-4-2)15-10-5-6-11-16(15)19/h4-6,10-11,17H,2-3,7-9,12-14,20H2,1H3. The van der Waals surface area contributed by atoms with Crippen LogP contribution in [-0.2, 0) is 5.54 Å². The molecule has 2 unspecified atom stereocenters. The van der Waals surface area contributed by atoms with E-state index in [0.717, 1.165) is 25.9 Å². The van der Waals surface area contributed by atoms with Crippen molar-refractivity contribution in [2.24, 2.45) is 5.73 Å². The minimum atomic E-state index is -0.701. The highest BCUT2D eigenvalue weighted by Crippen LogP contribution is 2.35. The molecular weight excluding hydrogens is 263 g/mol. The van der Waals surface area contributed by atoms with Crippen molar-refractivity contribution in [1.29, 1.82) is 0 Å². The van der Waals surface area contributed by atoms with E-state index in [1.165, 1.54) is 18.9 Å². The van der Waals surface area contributed by atoms with Gasteiger partial charge in [0, 0.05) is 11.6 Å². The van der Waals surface area contributed by atoms with Gasteiger partial charge in [0.25, 0.3) is 0 Å². The summed E-state index contributed by atoms with van der Waals surface area (Å²) in [6.07, 6.45) is 6.87. The molecule has 1 heterocycles. The van der Waals surface area contributed by atoms with Crippen molar-refractivity contribution < 1.29 is 4.39 Å². The molecule has 0 aliphatic carbocycles. The van der Waals surface area contributed by atoms with Crippen LogP contribution in [0.4, 0.5) is 4.39 Å². The maximum absolute atomic E-state index is 14.4. The largest absolute Gasteiger partial charge is 0.320 e. The Kier molecular flexibility index (Phi) is 5.54. The van der Waals surface area contributed by atoms with Gasteiger partial charge in [-0.1, -0.05) is 37.6 Å². The Balaban J connectivity index is 2.42. The van der Waals surface area contributed by atoms with E-state index in [2.05, 4.69) is 18.4 Å². The van der Waals surface area contributed by atoms with Gasteiger partial charge in [-0.15, -0.1) is 6.58 Å². The molecule has 1 aliphatic rings. The van der Waals surface area contributed by atoms with Crippen LogP contribution in [0.3, 0.4) is 0 Å². The minimum Gasteiger partial charge on any atom is -0.320 e. The molecule has 3 heteroatoms. The molecule has 0 aromatic heterocycles. The Morgan fingerprint density at radius 2 is 2.05 bits per heavy atom. The van der Waals surface area contributed by atoms with Crippen molar-refractivity contribution in [2.75, 3.05) is 13.1 Å². The molecule has 116 valence electrons. The Labute approximate surface area is 127 Å². The molecule has 0 spiro atoms. The molecule has 2 rings (SSSR count).